The lowest BCUT2D eigenvalue weighted by Gasteiger charge is -2.34. The topological polar surface area (TPSA) is 79.0 Å². The summed E-state index contributed by atoms with van der Waals surface area (Å²) >= 11 is 0. The fourth-order valence-electron chi connectivity index (χ4n) is 4.90. The maximum atomic E-state index is 13.9. The molecule has 1 N–H and O–H groups in total. The molecular weight excluding hydrogens is 438 g/mol. The molecule has 0 bridgehead atoms. The molecule has 2 fully saturated rings. The smallest absolute Gasteiger partial charge is 0.259 e. The summed E-state index contributed by atoms with van der Waals surface area (Å²) in [5.74, 6) is 1.19. The van der Waals surface area contributed by atoms with Crippen molar-refractivity contribution in [3.8, 4) is 11.5 Å². The van der Waals surface area contributed by atoms with Crippen molar-refractivity contribution in [3.05, 3.63) is 42.0 Å². The molecule has 0 atom stereocenters. The van der Waals surface area contributed by atoms with Gasteiger partial charge in [0, 0.05) is 32.2 Å². The zero-order chi connectivity index (χ0) is 23.0. The fourth-order valence-corrected chi connectivity index (χ4v) is 6.64. The van der Waals surface area contributed by atoms with Crippen LogP contribution in [0.5, 0.6) is 11.5 Å². The van der Waals surface area contributed by atoms with Gasteiger partial charge in [-0.1, -0.05) is 31.9 Å². The molecule has 0 saturated carbocycles. The molecule has 0 aromatic heterocycles. The molecule has 2 saturated heterocycles. The van der Waals surface area contributed by atoms with Gasteiger partial charge in [0.2, 0.25) is 10.0 Å². The van der Waals surface area contributed by atoms with Gasteiger partial charge in [-0.25, -0.2) is 8.42 Å². The number of anilines is 2. The second kappa shape index (κ2) is 8.99. The number of hydrogen-bond donors (Lipinski definition) is 1. The van der Waals surface area contributed by atoms with Crippen LogP contribution in [0, 0.1) is 5.92 Å². The monoisotopic (exact) mass is 469 g/mol. The number of nitrogens with zero attached hydrogens (tertiary/aromatic N) is 2. The zero-order valence-electron chi connectivity index (χ0n) is 19.0. The Kier molecular flexibility index (Phi) is 6.05. The standard InChI is InChI=1S/C25H31N3O4S/c1-18-10-14-27(15-11-18)21-17-23-19(25(29)26-20-8-4-5-9-22(20)32-23)16-24(21)33(30,31)28-12-6-2-3-7-13-28/h4-5,8-9,16-18H,2-3,6-7,10-15H2,1H3,(H,26,29). The Morgan fingerprint density at radius 1 is 0.939 bits per heavy atom. The molecule has 33 heavy (non-hydrogen) atoms. The predicted molar refractivity (Wildman–Crippen MR) is 129 cm³/mol. The first-order chi connectivity index (χ1) is 15.9. The molecule has 5 rings (SSSR count). The Hall–Kier alpha value is -2.58. The Balaban J connectivity index is 1.63. The summed E-state index contributed by atoms with van der Waals surface area (Å²) < 4.78 is 35.5. The van der Waals surface area contributed by atoms with Crippen LogP contribution in [0.15, 0.2) is 41.3 Å². The van der Waals surface area contributed by atoms with Crippen molar-refractivity contribution < 1.29 is 17.9 Å². The number of benzene rings is 2. The number of rotatable bonds is 3. The van der Waals surface area contributed by atoms with Crippen LogP contribution < -0.4 is 15.0 Å². The molecule has 1 amide bonds. The summed E-state index contributed by atoms with van der Waals surface area (Å²) in [6.45, 7) is 4.83. The predicted octanol–water partition coefficient (Wildman–Crippen LogP) is 4.85. The van der Waals surface area contributed by atoms with E-state index in [1.165, 1.54) is 6.07 Å². The third-order valence-electron chi connectivity index (χ3n) is 6.97. The van der Waals surface area contributed by atoms with Crippen molar-refractivity contribution in [1.82, 2.24) is 4.31 Å². The number of para-hydroxylation sites is 2. The highest BCUT2D eigenvalue weighted by molar-refractivity contribution is 7.89. The van der Waals surface area contributed by atoms with Crippen LogP contribution in [0.2, 0.25) is 0 Å². The van der Waals surface area contributed by atoms with E-state index in [4.69, 9.17) is 4.74 Å². The first kappa shape index (κ1) is 22.2. The highest BCUT2D eigenvalue weighted by atomic mass is 32.2. The molecule has 7 nitrogen and oxygen atoms in total. The van der Waals surface area contributed by atoms with Gasteiger partial charge in [0.05, 0.1) is 16.9 Å². The molecule has 0 radical (unpaired) electrons. The fraction of sp³-hybridized carbons (Fsp3) is 0.480. The van der Waals surface area contributed by atoms with E-state index in [2.05, 4.69) is 17.1 Å². The number of ether oxygens (including phenoxy) is 1. The van der Waals surface area contributed by atoms with Gasteiger partial charge in [0.15, 0.2) is 5.75 Å². The third-order valence-corrected chi connectivity index (χ3v) is 8.90. The summed E-state index contributed by atoms with van der Waals surface area (Å²) in [6, 6.07) is 10.5. The Morgan fingerprint density at radius 3 is 2.36 bits per heavy atom. The highest BCUT2D eigenvalue weighted by Crippen LogP contribution is 2.42. The lowest BCUT2D eigenvalue weighted by Crippen LogP contribution is -2.37. The van der Waals surface area contributed by atoms with Gasteiger partial charge in [-0.2, -0.15) is 4.31 Å². The van der Waals surface area contributed by atoms with Gasteiger partial charge >= 0.3 is 0 Å². The van der Waals surface area contributed by atoms with Crippen LogP contribution in [-0.2, 0) is 10.0 Å². The van der Waals surface area contributed by atoms with Crippen molar-refractivity contribution >= 4 is 27.3 Å². The van der Waals surface area contributed by atoms with Gasteiger partial charge in [-0.15, -0.1) is 0 Å². The number of fused-ring (bicyclic) bond motifs is 2. The van der Waals surface area contributed by atoms with Crippen molar-refractivity contribution in [2.24, 2.45) is 5.92 Å². The normalized spacial score (nSPS) is 20.2. The van der Waals surface area contributed by atoms with E-state index >= 15 is 0 Å². The number of piperidine rings is 1. The first-order valence-electron chi connectivity index (χ1n) is 11.9. The Labute approximate surface area is 195 Å². The summed E-state index contributed by atoms with van der Waals surface area (Å²) in [5.41, 5.74) is 1.45. The maximum Gasteiger partial charge on any atom is 0.259 e. The average Bonchev–Trinajstić information content (AvgIpc) is 3.17. The lowest BCUT2D eigenvalue weighted by atomic mass is 9.98. The van der Waals surface area contributed by atoms with E-state index in [-0.39, 0.29) is 16.4 Å². The summed E-state index contributed by atoms with van der Waals surface area (Å²) in [4.78, 5) is 15.4. The zero-order valence-corrected chi connectivity index (χ0v) is 19.9. The highest BCUT2D eigenvalue weighted by Gasteiger charge is 2.34. The van der Waals surface area contributed by atoms with E-state index in [1.54, 1.807) is 22.5 Å². The van der Waals surface area contributed by atoms with Crippen LogP contribution in [0.3, 0.4) is 0 Å². The molecule has 0 spiro atoms. The number of hydrogen-bond acceptors (Lipinski definition) is 5. The van der Waals surface area contributed by atoms with E-state index in [0.717, 1.165) is 51.6 Å². The van der Waals surface area contributed by atoms with Crippen LogP contribution in [0.1, 0.15) is 55.8 Å². The number of carbonyl (C=O) groups excluding carboxylic acids is 1. The summed E-state index contributed by atoms with van der Waals surface area (Å²) in [5, 5.41) is 2.87. The molecule has 2 aromatic carbocycles. The summed E-state index contributed by atoms with van der Waals surface area (Å²) in [6.07, 6.45) is 5.82. The van der Waals surface area contributed by atoms with Crippen molar-refractivity contribution in [2.75, 3.05) is 36.4 Å². The summed E-state index contributed by atoms with van der Waals surface area (Å²) in [7, 11) is -3.76. The lowest BCUT2D eigenvalue weighted by molar-refractivity contribution is 0.102. The van der Waals surface area contributed by atoms with E-state index in [1.807, 2.05) is 12.1 Å². The second-order valence-corrected chi connectivity index (χ2v) is 11.3. The SMILES string of the molecule is CC1CCN(c2cc3c(cc2S(=O)(=O)N2CCCCCC2)C(=O)Nc2ccccc2O3)CC1. The first-order valence-corrected chi connectivity index (χ1v) is 13.4. The van der Waals surface area contributed by atoms with Gasteiger partial charge in [-0.05, 0) is 49.8 Å². The van der Waals surface area contributed by atoms with Crippen molar-refractivity contribution in [3.63, 3.8) is 0 Å². The maximum absolute atomic E-state index is 13.9. The third kappa shape index (κ3) is 4.34. The number of amides is 1. The second-order valence-electron chi connectivity index (χ2n) is 9.36. The molecule has 0 aliphatic carbocycles. The quantitative estimate of drug-likeness (QED) is 0.696. The number of carbonyl (C=O) groups is 1. The molecular formula is C25H31N3O4S. The van der Waals surface area contributed by atoms with Crippen molar-refractivity contribution in [2.45, 2.75) is 50.3 Å². The molecule has 8 heteroatoms. The number of nitrogens with one attached hydrogen (secondary N) is 1. The minimum Gasteiger partial charge on any atom is -0.454 e. The minimum absolute atomic E-state index is 0.211. The van der Waals surface area contributed by atoms with Gasteiger partial charge in [-0.3, -0.25) is 4.79 Å². The Bertz CT molecular complexity index is 1150. The average molecular weight is 470 g/mol. The Morgan fingerprint density at radius 2 is 1.64 bits per heavy atom. The van der Waals surface area contributed by atoms with Crippen LogP contribution in [0.25, 0.3) is 0 Å². The number of sulfonamides is 1. The van der Waals surface area contributed by atoms with E-state index in [0.29, 0.717) is 41.9 Å². The van der Waals surface area contributed by atoms with Crippen LogP contribution >= 0.6 is 0 Å². The van der Waals surface area contributed by atoms with E-state index in [9.17, 15) is 13.2 Å². The molecule has 0 unspecified atom stereocenters. The van der Waals surface area contributed by atoms with Crippen LogP contribution in [0.4, 0.5) is 11.4 Å². The molecule has 176 valence electrons. The van der Waals surface area contributed by atoms with Gasteiger partial charge in [0.25, 0.3) is 5.91 Å². The molecule has 2 aromatic rings. The largest absolute Gasteiger partial charge is 0.454 e. The van der Waals surface area contributed by atoms with Crippen LogP contribution in [-0.4, -0.2) is 44.8 Å². The van der Waals surface area contributed by atoms with Gasteiger partial charge < -0.3 is 15.0 Å². The van der Waals surface area contributed by atoms with E-state index < -0.39 is 10.0 Å². The van der Waals surface area contributed by atoms with Gasteiger partial charge in [0.1, 0.15) is 10.6 Å². The molecule has 3 aliphatic rings. The molecule has 3 aliphatic heterocycles. The minimum atomic E-state index is -3.76. The molecule has 3 heterocycles. The van der Waals surface area contributed by atoms with Crippen molar-refractivity contribution in [1.29, 1.82) is 0 Å².